The molecule has 1 heterocycles. The fourth-order valence-electron chi connectivity index (χ4n) is 8.34. The van der Waals surface area contributed by atoms with Crippen molar-refractivity contribution in [2.24, 2.45) is 0 Å². The van der Waals surface area contributed by atoms with Crippen molar-refractivity contribution in [2.45, 2.75) is 0 Å². The Morgan fingerprint density at radius 2 is 0.833 bits per heavy atom. The van der Waals surface area contributed by atoms with Crippen LogP contribution in [0.1, 0.15) is 0 Å². The lowest BCUT2D eigenvalue weighted by Crippen LogP contribution is -2.09. The van der Waals surface area contributed by atoms with E-state index in [1.807, 2.05) is 0 Å². The van der Waals surface area contributed by atoms with E-state index in [1.165, 1.54) is 60.0 Å². The van der Waals surface area contributed by atoms with E-state index in [0.717, 1.165) is 44.4 Å². The van der Waals surface area contributed by atoms with Crippen molar-refractivity contribution >= 4 is 82.1 Å². The molecule has 2 heteroatoms. The van der Waals surface area contributed by atoms with Gasteiger partial charge >= 0.3 is 0 Å². The van der Waals surface area contributed by atoms with Gasteiger partial charge in [-0.2, -0.15) is 0 Å². The molecule has 0 spiro atoms. The Morgan fingerprint density at radius 3 is 1.61 bits per heavy atom. The number of furan rings is 1. The van der Waals surface area contributed by atoms with E-state index in [9.17, 15) is 0 Å². The maximum atomic E-state index is 6.51. The Morgan fingerprint density at radius 1 is 0.296 bits per heavy atom. The molecule has 11 aromatic rings. The third-order valence-corrected chi connectivity index (χ3v) is 11.0. The van der Waals surface area contributed by atoms with Crippen LogP contribution in [0.15, 0.2) is 205 Å². The molecule has 0 fully saturated rings. The van der Waals surface area contributed by atoms with E-state index in [1.54, 1.807) is 0 Å². The first kappa shape index (κ1) is 30.5. The number of hydrogen-bond acceptors (Lipinski definition) is 2. The van der Waals surface area contributed by atoms with Gasteiger partial charge in [-0.3, -0.25) is 0 Å². The summed E-state index contributed by atoms with van der Waals surface area (Å²) in [5.41, 5.74) is 9.87. The van der Waals surface area contributed by atoms with Gasteiger partial charge in [0.25, 0.3) is 0 Å². The second kappa shape index (κ2) is 12.2. The summed E-state index contributed by atoms with van der Waals surface area (Å²) in [6.07, 6.45) is 0. The van der Waals surface area contributed by atoms with E-state index < -0.39 is 0 Å². The summed E-state index contributed by atoms with van der Waals surface area (Å²) in [6, 6.07) is 72.3. The molecule has 10 aromatic carbocycles. The monoisotopic (exact) mass is 687 g/mol. The summed E-state index contributed by atoms with van der Waals surface area (Å²) in [6.45, 7) is 0. The standard InChI is InChI=1S/C52H33NO/c1-4-12-44-35(8-1)11-7-15-46(44)38-20-26-42(27-21-38)53(43-28-31-51-50(33-43)49-30-22-37-10-3-6-14-48(37)52(49)54-51)41-24-18-34(19-25-41)39-23-29-47-40(32-39)17-16-36-9-2-5-13-45(36)47/h1-33H. The molecule has 11 rings (SSSR count). The largest absolute Gasteiger partial charge is 0.455 e. The molecule has 0 bridgehead atoms. The van der Waals surface area contributed by atoms with Crippen LogP contribution in [-0.2, 0) is 0 Å². The van der Waals surface area contributed by atoms with Crippen LogP contribution >= 0.6 is 0 Å². The summed E-state index contributed by atoms with van der Waals surface area (Å²) in [7, 11) is 0. The highest BCUT2D eigenvalue weighted by molar-refractivity contribution is 6.16. The summed E-state index contributed by atoms with van der Waals surface area (Å²) >= 11 is 0. The van der Waals surface area contributed by atoms with Crippen molar-refractivity contribution in [3.8, 4) is 22.3 Å². The zero-order chi connectivity index (χ0) is 35.6. The van der Waals surface area contributed by atoms with Crippen LogP contribution in [0.4, 0.5) is 17.1 Å². The number of nitrogens with zero attached hydrogens (tertiary/aromatic N) is 1. The van der Waals surface area contributed by atoms with Crippen LogP contribution in [0, 0.1) is 0 Å². The van der Waals surface area contributed by atoms with Crippen molar-refractivity contribution in [3.05, 3.63) is 200 Å². The van der Waals surface area contributed by atoms with Gasteiger partial charge in [0.15, 0.2) is 0 Å². The van der Waals surface area contributed by atoms with Crippen LogP contribution in [0.3, 0.4) is 0 Å². The predicted molar refractivity (Wildman–Crippen MR) is 229 cm³/mol. The topological polar surface area (TPSA) is 16.4 Å². The van der Waals surface area contributed by atoms with Crippen LogP contribution in [0.25, 0.3) is 87.3 Å². The fraction of sp³-hybridized carbons (Fsp3) is 0. The summed E-state index contributed by atoms with van der Waals surface area (Å²) in [5, 5.41) is 12.1. The van der Waals surface area contributed by atoms with Gasteiger partial charge in [0.05, 0.1) is 0 Å². The van der Waals surface area contributed by atoms with Gasteiger partial charge < -0.3 is 9.32 Å². The third-order valence-electron chi connectivity index (χ3n) is 11.0. The molecule has 2 nitrogen and oxygen atoms in total. The summed E-state index contributed by atoms with van der Waals surface area (Å²) in [5.74, 6) is 0. The second-order valence-corrected chi connectivity index (χ2v) is 14.1. The van der Waals surface area contributed by atoms with Crippen molar-refractivity contribution in [1.29, 1.82) is 0 Å². The minimum atomic E-state index is 0.885. The highest BCUT2D eigenvalue weighted by Crippen LogP contribution is 2.42. The molecular weight excluding hydrogens is 655 g/mol. The molecule has 0 saturated heterocycles. The van der Waals surface area contributed by atoms with Crippen LogP contribution in [-0.4, -0.2) is 0 Å². The Bertz CT molecular complexity index is 3200. The minimum Gasteiger partial charge on any atom is -0.455 e. The van der Waals surface area contributed by atoms with Crippen LogP contribution in [0.2, 0.25) is 0 Å². The molecule has 0 amide bonds. The Hall–Kier alpha value is -7.16. The lowest BCUT2D eigenvalue weighted by Gasteiger charge is -2.26. The van der Waals surface area contributed by atoms with Crippen molar-refractivity contribution in [2.75, 3.05) is 4.90 Å². The fourth-order valence-corrected chi connectivity index (χ4v) is 8.34. The predicted octanol–water partition coefficient (Wildman–Crippen LogP) is 15.0. The van der Waals surface area contributed by atoms with Gasteiger partial charge in [-0.05, 0) is 115 Å². The van der Waals surface area contributed by atoms with Crippen LogP contribution in [0.5, 0.6) is 0 Å². The zero-order valence-electron chi connectivity index (χ0n) is 29.4. The molecule has 0 aliphatic carbocycles. The highest BCUT2D eigenvalue weighted by Gasteiger charge is 2.17. The summed E-state index contributed by atoms with van der Waals surface area (Å²) in [4.78, 5) is 2.35. The molecule has 0 aliphatic rings. The smallest absolute Gasteiger partial charge is 0.143 e. The first-order valence-corrected chi connectivity index (χ1v) is 18.5. The average Bonchev–Trinajstić information content (AvgIpc) is 3.62. The van der Waals surface area contributed by atoms with E-state index in [0.29, 0.717) is 0 Å². The van der Waals surface area contributed by atoms with E-state index in [-0.39, 0.29) is 0 Å². The van der Waals surface area contributed by atoms with Crippen molar-refractivity contribution < 1.29 is 4.42 Å². The van der Waals surface area contributed by atoms with E-state index in [4.69, 9.17) is 4.42 Å². The lowest BCUT2D eigenvalue weighted by atomic mass is 9.97. The molecule has 0 unspecified atom stereocenters. The highest BCUT2D eigenvalue weighted by atomic mass is 16.3. The van der Waals surface area contributed by atoms with Gasteiger partial charge in [0.1, 0.15) is 11.2 Å². The average molecular weight is 688 g/mol. The Kier molecular flexibility index (Phi) is 6.90. The maximum Gasteiger partial charge on any atom is 0.143 e. The Balaban J connectivity index is 1.03. The first-order valence-electron chi connectivity index (χ1n) is 18.5. The number of anilines is 3. The molecule has 54 heavy (non-hydrogen) atoms. The summed E-state index contributed by atoms with van der Waals surface area (Å²) < 4.78 is 6.51. The number of hydrogen-bond donors (Lipinski definition) is 0. The SMILES string of the molecule is c1ccc2c(-c3ccc(N(c4ccc(-c5ccc6c(ccc7ccccc76)c5)cc4)c4ccc5oc6c7ccccc7ccc6c5c4)cc3)cccc2c1. The first-order chi connectivity index (χ1) is 26.7. The van der Waals surface area contributed by atoms with Gasteiger partial charge in [0, 0.05) is 33.2 Å². The molecule has 0 N–H and O–H groups in total. The number of fused-ring (bicyclic) bond motifs is 9. The minimum absolute atomic E-state index is 0.885. The van der Waals surface area contributed by atoms with Gasteiger partial charge in [-0.1, -0.05) is 146 Å². The molecule has 0 saturated carbocycles. The number of benzene rings is 10. The maximum absolute atomic E-state index is 6.51. The van der Waals surface area contributed by atoms with E-state index in [2.05, 4.69) is 205 Å². The Labute approximate surface area is 312 Å². The van der Waals surface area contributed by atoms with Crippen LogP contribution < -0.4 is 4.90 Å². The van der Waals surface area contributed by atoms with Gasteiger partial charge in [0.2, 0.25) is 0 Å². The molecule has 252 valence electrons. The molecule has 0 radical (unpaired) electrons. The zero-order valence-corrected chi connectivity index (χ0v) is 29.4. The number of rotatable bonds is 5. The van der Waals surface area contributed by atoms with Crippen molar-refractivity contribution in [3.63, 3.8) is 0 Å². The molecular formula is C52H33NO. The third kappa shape index (κ3) is 4.96. The molecule has 1 aromatic heterocycles. The lowest BCUT2D eigenvalue weighted by molar-refractivity contribution is 0.672. The molecule has 0 aliphatic heterocycles. The van der Waals surface area contributed by atoms with Gasteiger partial charge in [-0.15, -0.1) is 0 Å². The second-order valence-electron chi connectivity index (χ2n) is 14.1. The van der Waals surface area contributed by atoms with Crippen molar-refractivity contribution in [1.82, 2.24) is 0 Å². The van der Waals surface area contributed by atoms with E-state index >= 15 is 0 Å². The quantitative estimate of drug-likeness (QED) is 0.168. The molecule has 0 atom stereocenters. The van der Waals surface area contributed by atoms with Gasteiger partial charge in [-0.25, -0.2) is 0 Å². The normalized spacial score (nSPS) is 11.7.